The third-order valence-corrected chi connectivity index (χ3v) is 2.53. The fraction of sp³-hybridized carbons (Fsp3) is 0.727. The standard InChI is InChI=1S/C11H21N3O/c1-4-6-15-7-5-14-10(3)11(8-12)9(2)13-14/h4-8,12H2,1-3H3. The zero-order chi connectivity index (χ0) is 11.3. The molecule has 1 heterocycles. The van der Waals surface area contributed by atoms with E-state index < -0.39 is 0 Å². The van der Waals surface area contributed by atoms with E-state index in [0.29, 0.717) is 6.54 Å². The molecule has 1 rings (SSSR count). The van der Waals surface area contributed by atoms with Gasteiger partial charge in [0.1, 0.15) is 0 Å². The van der Waals surface area contributed by atoms with Gasteiger partial charge in [-0.05, 0) is 20.3 Å². The maximum Gasteiger partial charge on any atom is 0.0662 e. The van der Waals surface area contributed by atoms with Crippen molar-refractivity contribution >= 4 is 0 Å². The van der Waals surface area contributed by atoms with E-state index in [0.717, 1.165) is 43.1 Å². The van der Waals surface area contributed by atoms with Gasteiger partial charge in [0.25, 0.3) is 0 Å². The SMILES string of the molecule is CCCOCCn1nc(C)c(CN)c1C. The van der Waals surface area contributed by atoms with Crippen molar-refractivity contribution < 1.29 is 4.74 Å². The van der Waals surface area contributed by atoms with Gasteiger partial charge in [-0.15, -0.1) is 0 Å². The molecule has 4 nitrogen and oxygen atoms in total. The zero-order valence-electron chi connectivity index (χ0n) is 9.92. The molecule has 0 saturated heterocycles. The summed E-state index contributed by atoms with van der Waals surface area (Å²) in [5.74, 6) is 0. The van der Waals surface area contributed by atoms with Crippen molar-refractivity contribution in [1.82, 2.24) is 9.78 Å². The first-order valence-corrected chi connectivity index (χ1v) is 5.51. The average molecular weight is 211 g/mol. The molecule has 4 heteroatoms. The lowest BCUT2D eigenvalue weighted by atomic mass is 10.2. The molecule has 0 aliphatic rings. The number of ether oxygens (including phenoxy) is 1. The molecular formula is C11H21N3O. The highest BCUT2D eigenvalue weighted by Gasteiger charge is 2.08. The Kier molecular flexibility index (Phi) is 4.78. The quantitative estimate of drug-likeness (QED) is 0.723. The molecule has 0 amide bonds. The minimum atomic E-state index is 0.563. The fourth-order valence-electron chi connectivity index (χ4n) is 1.64. The van der Waals surface area contributed by atoms with E-state index >= 15 is 0 Å². The molecule has 0 fully saturated rings. The first kappa shape index (κ1) is 12.2. The zero-order valence-corrected chi connectivity index (χ0v) is 9.92. The van der Waals surface area contributed by atoms with Crippen molar-refractivity contribution in [2.24, 2.45) is 5.73 Å². The van der Waals surface area contributed by atoms with Gasteiger partial charge in [0.15, 0.2) is 0 Å². The number of aromatic nitrogens is 2. The van der Waals surface area contributed by atoms with E-state index in [1.807, 2.05) is 11.6 Å². The van der Waals surface area contributed by atoms with Crippen molar-refractivity contribution in [2.75, 3.05) is 13.2 Å². The van der Waals surface area contributed by atoms with Crippen LogP contribution in [0.2, 0.25) is 0 Å². The van der Waals surface area contributed by atoms with Crippen LogP contribution < -0.4 is 5.73 Å². The predicted molar refractivity (Wildman–Crippen MR) is 60.7 cm³/mol. The van der Waals surface area contributed by atoms with Gasteiger partial charge in [-0.2, -0.15) is 5.10 Å². The van der Waals surface area contributed by atoms with Gasteiger partial charge >= 0.3 is 0 Å². The Morgan fingerprint density at radius 2 is 2.07 bits per heavy atom. The monoisotopic (exact) mass is 211 g/mol. The largest absolute Gasteiger partial charge is 0.380 e. The molecular weight excluding hydrogens is 190 g/mol. The van der Waals surface area contributed by atoms with E-state index in [1.165, 1.54) is 0 Å². The number of nitrogens with two attached hydrogens (primary N) is 1. The van der Waals surface area contributed by atoms with Gasteiger partial charge in [0.05, 0.1) is 18.8 Å². The van der Waals surface area contributed by atoms with E-state index in [1.54, 1.807) is 0 Å². The molecule has 0 aromatic carbocycles. The lowest BCUT2D eigenvalue weighted by molar-refractivity contribution is 0.124. The molecule has 2 N–H and O–H groups in total. The highest BCUT2D eigenvalue weighted by molar-refractivity contribution is 5.23. The van der Waals surface area contributed by atoms with Crippen molar-refractivity contribution in [3.05, 3.63) is 17.0 Å². The average Bonchev–Trinajstić information content (AvgIpc) is 2.49. The lowest BCUT2D eigenvalue weighted by Gasteiger charge is -2.05. The lowest BCUT2D eigenvalue weighted by Crippen LogP contribution is -2.10. The third-order valence-electron chi connectivity index (χ3n) is 2.53. The molecule has 0 aliphatic carbocycles. The Bertz CT molecular complexity index is 307. The second-order valence-electron chi connectivity index (χ2n) is 3.69. The van der Waals surface area contributed by atoms with Crippen LogP contribution in [0.3, 0.4) is 0 Å². The topological polar surface area (TPSA) is 53.1 Å². The Labute approximate surface area is 91.4 Å². The van der Waals surface area contributed by atoms with E-state index in [2.05, 4.69) is 18.9 Å². The molecule has 0 atom stereocenters. The summed E-state index contributed by atoms with van der Waals surface area (Å²) in [5.41, 5.74) is 9.01. The van der Waals surface area contributed by atoms with Crippen LogP contribution in [0.5, 0.6) is 0 Å². The van der Waals surface area contributed by atoms with Crippen molar-refractivity contribution in [2.45, 2.75) is 40.3 Å². The number of aryl methyl sites for hydroxylation is 1. The first-order chi connectivity index (χ1) is 7.20. The van der Waals surface area contributed by atoms with Crippen molar-refractivity contribution in [3.8, 4) is 0 Å². The molecule has 0 bridgehead atoms. The maximum absolute atomic E-state index is 5.66. The van der Waals surface area contributed by atoms with Crippen molar-refractivity contribution in [3.63, 3.8) is 0 Å². The summed E-state index contributed by atoms with van der Waals surface area (Å²) in [7, 11) is 0. The van der Waals surface area contributed by atoms with Gasteiger partial charge in [0.2, 0.25) is 0 Å². The van der Waals surface area contributed by atoms with Gasteiger partial charge in [0, 0.05) is 24.4 Å². The summed E-state index contributed by atoms with van der Waals surface area (Å²) in [6.45, 7) is 9.08. The summed E-state index contributed by atoms with van der Waals surface area (Å²) < 4.78 is 7.41. The molecule has 0 radical (unpaired) electrons. The summed E-state index contributed by atoms with van der Waals surface area (Å²) >= 11 is 0. The summed E-state index contributed by atoms with van der Waals surface area (Å²) in [6.07, 6.45) is 1.06. The minimum absolute atomic E-state index is 0.563. The molecule has 0 spiro atoms. The molecule has 0 unspecified atom stereocenters. The van der Waals surface area contributed by atoms with E-state index in [-0.39, 0.29) is 0 Å². The Balaban J connectivity index is 2.54. The second kappa shape index (κ2) is 5.88. The fourth-order valence-corrected chi connectivity index (χ4v) is 1.64. The number of hydrogen-bond donors (Lipinski definition) is 1. The van der Waals surface area contributed by atoms with E-state index in [9.17, 15) is 0 Å². The van der Waals surface area contributed by atoms with Gasteiger partial charge in [-0.1, -0.05) is 6.92 Å². The van der Waals surface area contributed by atoms with Crippen molar-refractivity contribution in [1.29, 1.82) is 0 Å². The normalized spacial score (nSPS) is 10.9. The Morgan fingerprint density at radius 3 is 2.60 bits per heavy atom. The van der Waals surface area contributed by atoms with Crippen LogP contribution >= 0.6 is 0 Å². The highest BCUT2D eigenvalue weighted by atomic mass is 16.5. The van der Waals surface area contributed by atoms with E-state index in [4.69, 9.17) is 10.5 Å². The molecule has 0 saturated carbocycles. The smallest absolute Gasteiger partial charge is 0.0662 e. The highest BCUT2D eigenvalue weighted by Crippen LogP contribution is 2.11. The number of rotatable bonds is 6. The van der Waals surface area contributed by atoms with Crippen LogP contribution in [0, 0.1) is 13.8 Å². The maximum atomic E-state index is 5.66. The third kappa shape index (κ3) is 3.04. The van der Waals surface area contributed by atoms with Crippen LogP contribution in [-0.4, -0.2) is 23.0 Å². The molecule has 86 valence electrons. The van der Waals surface area contributed by atoms with Gasteiger partial charge < -0.3 is 10.5 Å². The van der Waals surface area contributed by atoms with Crippen LogP contribution in [0.1, 0.15) is 30.3 Å². The van der Waals surface area contributed by atoms with Crippen LogP contribution in [0.25, 0.3) is 0 Å². The van der Waals surface area contributed by atoms with Crippen LogP contribution in [-0.2, 0) is 17.8 Å². The number of nitrogens with zero attached hydrogens (tertiary/aromatic N) is 2. The van der Waals surface area contributed by atoms with Gasteiger partial charge in [-0.3, -0.25) is 4.68 Å². The Morgan fingerprint density at radius 1 is 1.33 bits per heavy atom. The summed E-state index contributed by atoms with van der Waals surface area (Å²) in [5, 5.41) is 4.44. The second-order valence-corrected chi connectivity index (χ2v) is 3.69. The Hall–Kier alpha value is -0.870. The summed E-state index contributed by atoms with van der Waals surface area (Å²) in [6, 6.07) is 0. The number of hydrogen-bond acceptors (Lipinski definition) is 3. The first-order valence-electron chi connectivity index (χ1n) is 5.51. The van der Waals surface area contributed by atoms with Crippen LogP contribution in [0.4, 0.5) is 0 Å². The molecule has 0 aliphatic heterocycles. The van der Waals surface area contributed by atoms with Crippen LogP contribution in [0.15, 0.2) is 0 Å². The minimum Gasteiger partial charge on any atom is -0.380 e. The van der Waals surface area contributed by atoms with Gasteiger partial charge in [-0.25, -0.2) is 0 Å². The molecule has 1 aromatic heterocycles. The summed E-state index contributed by atoms with van der Waals surface area (Å²) in [4.78, 5) is 0. The molecule has 1 aromatic rings. The predicted octanol–water partition coefficient (Wildman–Crippen LogP) is 1.39. The molecule has 15 heavy (non-hydrogen) atoms.